The van der Waals surface area contributed by atoms with Crippen LogP contribution in [-0.2, 0) is 5.41 Å². The van der Waals surface area contributed by atoms with Crippen molar-refractivity contribution in [2.24, 2.45) is 0 Å². The average molecular weight is 851 g/mol. The predicted octanol–water partition coefficient (Wildman–Crippen LogP) is 16.5. The number of hydrogen-bond donors (Lipinski definition) is 0. The Balaban J connectivity index is 1.09. The molecule has 67 heavy (non-hydrogen) atoms. The number of nitrogens with zero attached hydrogens (tertiary/aromatic N) is 2. The van der Waals surface area contributed by atoms with Crippen LogP contribution in [0.1, 0.15) is 22.3 Å². The van der Waals surface area contributed by atoms with Crippen LogP contribution in [0.25, 0.3) is 101 Å². The molecular weight excluding hydrogens is 809 g/mol. The average Bonchev–Trinajstić information content (AvgIpc) is 3.66. The van der Waals surface area contributed by atoms with Crippen molar-refractivity contribution in [2.75, 3.05) is 0 Å². The molecule has 0 atom stereocenters. The van der Waals surface area contributed by atoms with E-state index in [1.807, 2.05) is 0 Å². The second-order valence-corrected chi connectivity index (χ2v) is 17.6. The third kappa shape index (κ3) is 6.33. The largest absolute Gasteiger partial charge is 0.228 e. The van der Waals surface area contributed by atoms with Gasteiger partial charge >= 0.3 is 0 Å². The zero-order valence-electron chi connectivity index (χ0n) is 36.6. The Morgan fingerprint density at radius 2 is 0.582 bits per heavy atom. The zero-order chi connectivity index (χ0) is 44.3. The van der Waals surface area contributed by atoms with Crippen LogP contribution in [-0.4, -0.2) is 9.97 Å². The maximum absolute atomic E-state index is 5.60. The fraction of sp³-hybridized carbons (Fsp3) is 0.0154. The smallest absolute Gasteiger partial charge is 0.160 e. The standard InChI is InChI=1S/C65H42N2/c1-4-19-43(20-5-1)46-25-18-26-47(37-46)62-42-63(51-39-49(44-21-6-2-7-22-44)38-50(40-51)45-23-8-3-9-24-45)67-64(66-62)48-35-36-57-53-28-11-10-27-52(53)54-29-12-15-32-58(54)65(61(57)41-48)59-33-16-13-30-55(59)56-31-14-17-34-60(56)65/h1-42H. The summed E-state index contributed by atoms with van der Waals surface area (Å²) >= 11 is 0. The molecule has 1 spiro atoms. The molecule has 2 aliphatic rings. The van der Waals surface area contributed by atoms with E-state index < -0.39 is 5.41 Å². The molecule has 0 N–H and O–H groups in total. The van der Waals surface area contributed by atoms with Crippen LogP contribution in [0.15, 0.2) is 255 Å². The van der Waals surface area contributed by atoms with Crippen molar-refractivity contribution < 1.29 is 0 Å². The van der Waals surface area contributed by atoms with E-state index in [1.54, 1.807) is 0 Å². The van der Waals surface area contributed by atoms with Crippen LogP contribution in [0.4, 0.5) is 0 Å². The minimum atomic E-state index is -0.618. The third-order valence-electron chi connectivity index (χ3n) is 13.9. The number of aromatic nitrogens is 2. The second-order valence-electron chi connectivity index (χ2n) is 17.6. The van der Waals surface area contributed by atoms with Crippen LogP contribution in [0.3, 0.4) is 0 Å². The number of rotatable bonds is 6. The van der Waals surface area contributed by atoms with Gasteiger partial charge in [-0.2, -0.15) is 0 Å². The highest BCUT2D eigenvalue weighted by atomic mass is 14.9. The third-order valence-corrected chi connectivity index (χ3v) is 13.9. The van der Waals surface area contributed by atoms with Gasteiger partial charge in [0, 0.05) is 16.7 Å². The first kappa shape index (κ1) is 38.7. The molecule has 312 valence electrons. The van der Waals surface area contributed by atoms with Crippen molar-refractivity contribution in [3.63, 3.8) is 0 Å². The van der Waals surface area contributed by atoms with E-state index in [0.717, 1.165) is 61.5 Å². The Bertz CT molecular complexity index is 3580. The lowest BCUT2D eigenvalue weighted by atomic mass is 9.65. The first-order chi connectivity index (χ1) is 33.2. The Kier molecular flexibility index (Phi) is 9.11. The lowest BCUT2D eigenvalue weighted by Crippen LogP contribution is -2.29. The Morgan fingerprint density at radius 1 is 0.209 bits per heavy atom. The van der Waals surface area contributed by atoms with E-state index in [4.69, 9.17) is 9.97 Å². The molecule has 0 bridgehead atoms. The molecule has 0 amide bonds. The highest BCUT2D eigenvalue weighted by Gasteiger charge is 2.49. The summed E-state index contributed by atoms with van der Waals surface area (Å²) in [4.78, 5) is 11.2. The summed E-state index contributed by atoms with van der Waals surface area (Å²) in [5, 5.41) is 0. The van der Waals surface area contributed by atoms with Crippen molar-refractivity contribution in [1.82, 2.24) is 9.97 Å². The number of hydrogen-bond acceptors (Lipinski definition) is 2. The summed E-state index contributed by atoms with van der Waals surface area (Å²) in [7, 11) is 0. The second kappa shape index (κ2) is 15.8. The molecule has 0 aliphatic heterocycles. The Labute approximate surface area is 391 Å². The van der Waals surface area contributed by atoms with Gasteiger partial charge in [-0.05, 0) is 125 Å². The molecule has 0 saturated carbocycles. The van der Waals surface area contributed by atoms with Gasteiger partial charge in [-0.3, -0.25) is 0 Å². The SMILES string of the molecule is c1ccc(-c2cccc(-c3cc(-c4cc(-c5ccccc5)cc(-c5ccccc5)c4)nc(-c4ccc5c(c4)C4(c6ccccc6-c6ccccc6-5)c5ccccc5-c5ccccc54)n3)c2)cc1. The normalized spacial score (nSPS) is 12.6. The molecule has 0 radical (unpaired) electrons. The van der Waals surface area contributed by atoms with Gasteiger partial charge in [0.2, 0.25) is 0 Å². The van der Waals surface area contributed by atoms with E-state index in [2.05, 4.69) is 255 Å². The van der Waals surface area contributed by atoms with Gasteiger partial charge in [0.1, 0.15) is 0 Å². The molecule has 10 aromatic carbocycles. The molecule has 2 nitrogen and oxygen atoms in total. The summed E-state index contributed by atoms with van der Waals surface area (Å²) in [6.07, 6.45) is 0. The monoisotopic (exact) mass is 850 g/mol. The summed E-state index contributed by atoms with van der Waals surface area (Å²) in [6.45, 7) is 0. The van der Waals surface area contributed by atoms with Crippen LogP contribution in [0, 0.1) is 0 Å². The van der Waals surface area contributed by atoms with E-state index in [0.29, 0.717) is 5.82 Å². The summed E-state index contributed by atoms with van der Waals surface area (Å²) < 4.78 is 0. The van der Waals surface area contributed by atoms with Gasteiger partial charge in [-0.1, -0.05) is 218 Å². The Hall–Kier alpha value is -8.72. The first-order valence-electron chi connectivity index (χ1n) is 23.1. The van der Waals surface area contributed by atoms with Crippen molar-refractivity contribution >= 4 is 0 Å². The maximum Gasteiger partial charge on any atom is 0.160 e. The van der Waals surface area contributed by atoms with Crippen LogP contribution in [0.5, 0.6) is 0 Å². The molecule has 1 aromatic heterocycles. The van der Waals surface area contributed by atoms with Gasteiger partial charge < -0.3 is 0 Å². The lowest BCUT2D eigenvalue weighted by molar-refractivity contribution is 0.775. The first-order valence-corrected chi connectivity index (χ1v) is 23.1. The summed E-state index contributed by atoms with van der Waals surface area (Å²) in [5.41, 5.74) is 23.5. The zero-order valence-corrected chi connectivity index (χ0v) is 36.6. The number of benzene rings is 10. The molecule has 0 fully saturated rings. The molecular formula is C65H42N2. The van der Waals surface area contributed by atoms with Gasteiger partial charge in [0.15, 0.2) is 5.82 Å². The lowest BCUT2D eigenvalue weighted by Gasteiger charge is -2.35. The molecule has 11 aromatic rings. The quantitative estimate of drug-likeness (QED) is 0.167. The van der Waals surface area contributed by atoms with Crippen molar-refractivity contribution in [2.45, 2.75) is 5.41 Å². The fourth-order valence-electron chi connectivity index (χ4n) is 10.9. The molecule has 1 heterocycles. The highest BCUT2D eigenvalue weighted by Crippen LogP contribution is 2.61. The van der Waals surface area contributed by atoms with Crippen LogP contribution in [0.2, 0.25) is 0 Å². The van der Waals surface area contributed by atoms with Crippen molar-refractivity contribution in [3.8, 4) is 101 Å². The Morgan fingerprint density at radius 3 is 1.12 bits per heavy atom. The molecule has 0 saturated heterocycles. The topological polar surface area (TPSA) is 25.8 Å². The molecule has 2 heteroatoms. The minimum absolute atomic E-state index is 0.618. The molecule has 2 aliphatic carbocycles. The summed E-state index contributed by atoms with van der Waals surface area (Å²) in [6, 6.07) is 92.6. The fourth-order valence-corrected chi connectivity index (χ4v) is 10.9. The van der Waals surface area contributed by atoms with Gasteiger partial charge in [0.05, 0.1) is 16.8 Å². The van der Waals surface area contributed by atoms with E-state index in [-0.39, 0.29) is 0 Å². The van der Waals surface area contributed by atoms with Gasteiger partial charge in [-0.25, -0.2) is 9.97 Å². The van der Waals surface area contributed by atoms with Crippen LogP contribution < -0.4 is 0 Å². The maximum atomic E-state index is 5.60. The number of fused-ring (bicyclic) bond motifs is 12. The van der Waals surface area contributed by atoms with Crippen molar-refractivity contribution in [1.29, 1.82) is 0 Å². The van der Waals surface area contributed by atoms with E-state index in [9.17, 15) is 0 Å². The minimum Gasteiger partial charge on any atom is -0.228 e. The summed E-state index contributed by atoms with van der Waals surface area (Å²) in [5.74, 6) is 0.673. The van der Waals surface area contributed by atoms with E-state index >= 15 is 0 Å². The molecule has 13 rings (SSSR count). The predicted molar refractivity (Wildman–Crippen MR) is 276 cm³/mol. The highest BCUT2D eigenvalue weighted by molar-refractivity contribution is 5.98. The van der Waals surface area contributed by atoms with Crippen molar-refractivity contribution in [3.05, 3.63) is 277 Å². The van der Waals surface area contributed by atoms with E-state index in [1.165, 1.54) is 55.6 Å². The van der Waals surface area contributed by atoms with Gasteiger partial charge in [0.25, 0.3) is 0 Å². The molecule has 0 unspecified atom stereocenters. The van der Waals surface area contributed by atoms with Crippen LogP contribution >= 0.6 is 0 Å². The van der Waals surface area contributed by atoms with Gasteiger partial charge in [-0.15, -0.1) is 0 Å².